The van der Waals surface area contributed by atoms with Gasteiger partial charge in [-0.3, -0.25) is 4.79 Å². The molecule has 5 nitrogen and oxygen atoms in total. The first-order valence-corrected chi connectivity index (χ1v) is 5.59. The van der Waals surface area contributed by atoms with Crippen molar-refractivity contribution in [1.82, 2.24) is 14.9 Å². The third-order valence-electron chi connectivity index (χ3n) is 2.50. The first-order valence-electron chi connectivity index (χ1n) is 5.59. The zero-order chi connectivity index (χ0) is 12.0. The lowest BCUT2D eigenvalue weighted by Gasteiger charge is -2.22. The molecule has 0 saturated heterocycles. The Hall–Kier alpha value is -0.780. The molecular weight excluding hydrogens is 275 g/mol. The SMILES string of the molecule is CCCC(C)(N)C(=O)NCCn1ccnc1.Cl.Cl. The van der Waals surface area contributed by atoms with E-state index in [1.807, 2.05) is 17.7 Å². The van der Waals surface area contributed by atoms with Gasteiger partial charge in [0.15, 0.2) is 0 Å². The van der Waals surface area contributed by atoms with Crippen molar-refractivity contribution in [1.29, 1.82) is 0 Å². The van der Waals surface area contributed by atoms with Crippen LogP contribution in [-0.2, 0) is 11.3 Å². The number of nitrogens with one attached hydrogen (secondary N) is 1. The third-order valence-corrected chi connectivity index (χ3v) is 2.50. The highest BCUT2D eigenvalue weighted by Crippen LogP contribution is 2.07. The molecule has 1 heterocycles. The van der Waals surface area contributed by atoms with Crippen LogP contribution in [0, 0.1) is 0 Å². The molecule has 0 fully saturated rings. The number of aromatic nitrogens is 2. The number of rotatable bonds is 6. The number of carbonyl (C=O) groups is 1. The Kier molecular flexibility index (Phi) is 9.99. The summed E-state index contributed by atoms with van der Waals surface area (Å²) in [5, 5.41) is 2.83. The Morgan fingerprint density at radius 3 is 2.67 bits per heavy atom. The van der Waals surface area contributed by atoms with Crippen LogP contribution in [-0.4, -0.2) is 27.5 Å². The molecule has 18 heavy (non-hydrogen) atoms. The monoisotopic (exact) mass is 296 g/mol. The minimum Gasteiger partial charge on any atom is -0.353 e. The van der Waals surface area contributed by atoms with Crippen LogP contribution in [0.4, 0.5) is 0 Å². The zero-order valence-electron chi connectivity index (χ0n) is 10.8. The molecule has 0 bridgehead atoms. The summed E-state index contributed by atoms with van der Waals surface area (Å²) in [7, 11) is 0. The molecule has 106 valence electrons. The molecule has 0 aliphatic heterocycles. The van der Waals surface area contributed by atoms with Gasteiger partial charge in [-0.15, -0.1) is 24.8 Å². The predicted molar refractivity (Wildman–Crippen MR) is 77.2 cm³/mol. The Balaban J connectivity index is 0. The maximum Gasteiger partial charge on any atom is 0.239 e. The van der Waals surface area contributed by atoms with Crippen LogP contribution in [0.25, 0.3) is 0 Å². The second-order valence-electron chi connectivity index (χ2n) is 4.22. The van der Waals surface area contributed by atoms with Crippen LogP contribution in [0.1, 0.15) is 26.7 Å². The van der Waals surface area contributed by atoms with Crippen LogP contribution in [0.3, 0.4) is 0 Å². The van der Waals surface area contributed by atoms with E-state index in [9.17, 15) is 4.79 Å². The van der Waals surface area contributed by atoms with Gasteiger partial charge in [0.05, 0.1) is 11.9 Å². The van der Waals surface area contributed by atoms with Crippen LogP contribution in [0.2, 0.25) is 0 Å². The number of nitrogens with two attached hydrogens (primary N) is 1. The van der Waals surface area contributed by atoms with Crippen molar-refractivity contribution in [3.63, 3.8) is 0 Å². The Bertz CT molecular complexity index is 328. The summed E-state index contributed by atoms with van der Waals surface area (Å²) in [4.78, 5) is 15.6. The highest BCUT2D eigenvalue weighted by Gasteiger charge is 2.26. The molecule has 0 aliphatic rings. The predicted octanol–water partition coefficient (Wildman–Crippen LogP) is 1.36. The van der Waals surface area contributed by atoms with E-state index >= 15 is 0 Å². The molecule has 1 rings (SSSR count). The molecule has 0 aliphatic carbocycles. The van der Waals surface area contributed by atoms with Crippen LogP contribution < -0.4 is 11.1 Å². The molecule has 1 amide bonds. The van der Waals surface area contributed by atoms with Crippen molar-refractivity contribution in [3.05, 3.63) is 18.7 Å². The van der Waals surface area contributed by atoms with Crippen LogP contribution in [0.5, 0.6) is 0 Å². The molecule has 0 spiro atoms. The minimum atomic E-state index is -0.760. The summed E-state index contributed by atoms with van der Waals surface area (Å²) in [5.74, 6) is -0.0885. The average molecular weight is 297 g/mol. The summed E-state index contributed by atoms with van der Waals surface area (Å²) in [6, 6.07) is 0. The first kappa shape index (κ1) is 19.6. The first-order chi connectivity index (χ1) is 7.56. The van der Waals surface area contributed by atoms with E-state index in [0.717, 1.165) is 6.42 Å². The molecule has 1 unspecified atom stereocenters. The van der Waals surface area contributed by atoms with Gasteiger partial charge >= 0.3 is 0 Å². The van der Waals surface area contributed by atoms with Crippen molar-refractivity contribution in [3.8, 4) is 0 Å². The van der Waals surface area contributed by atoms with Gasteiger partial charge < -0.3 is 15.6 Å². The van der Waals surface area contributed by atoms with E-state index in [1.54, 1.807) is 19.4 Å². The van der Waals surface area contributed by atoms with E-state index in [0.29, 0.717) is 19.5 Å². The molecule has 1 aromatic rings. The molecule has 0 radical (unpaired) electrons. The number of imidazole rings is 1. The average Bonchev–Trinajstić information content (AvgIpc) is 2.70. The quantitative estimate of drug-likeness (QED) is 0.832. The second kappa shape index (κ2) is 9.19. The number of carbonyl (C=O) groups excluding carboxylic acids is 1. The summed E-state index contributed by atoms with van der Waals surface area (Å²) in [5.41, 5.74) is 5.14. The Morgan fingerprint density at radius 2 is 2.17 bits per heavy atom. The molecule has 0 saturated carbocycles. The van der Waals surface area contributed by atoms with Gasteiger partial charge in [-0.05, 0) is 13.3 Å². The van der Waals surface area contributed by atoms with Crippen LogP contribution in [0.15, 0.2) is 18.7 Å². The summed E-state index contributed by atoms with van der Waals surface area (Å²) >= 11 is 0. The van der Waals surface area contributed by atoms with Crippen molar-refractivity contribution in [2.24, 2.45) is 5.73 Å². The Labute approximate surface area is 120 Å². The van der Waals surface area contributed by atoms with Gasteiger partial charge in [0.2, 0.25) is 5.91 Å². The zero-order valence-corrected chi connectivity index (χ0v) is 12.4. The van der Waals surface area contributed by atoms with Crippen molar-refractivity contribution >= 4 is 30.7 Å². The second-order valence-corrected chi connectivity index (χ2v) is 4.22. The highest BCUT2D eigenvalue weighted by molar-refractivity contribution is 5.86. The van der Waals surface area contributed by atoms with E-state index in [-0.39, 0.29) is 30.7 Å². The van der Waals surface area contributed by atoms with Crippen molar-refractivity contribution in [2.45, 2.75) is 38.8 Å². The van der Waals surface area contributed by atoms with Crippen LogP contribution >= 0.6 is 24.8 Å². The molecule has 1 aromatic heterocycles. The maximum atomic E-state index is 11.7. The molecule has 0 aromatic carbocycles. The van der Waals surface area contributed by atoms with E-state index in [2.05, 4.69) is 10.3 Å². The number of amides is 1. The Morgan fingerprint density at radius 1 is 1.50 bits per heavy atom. The van der Waals surface area contributed by atoms with E-state index < -0.39 is 5.54 Å². The van der Waals surface area contributed by atoms with Gasteiger partial charge in [-0.1, -0.05) is 13.3 Å². The molecular formula is C11H22Cl2N4O. The van der Waals surface area contributed by atoms with Gasteiger partial charge in [0, 0.05) is 25.5 Å². The summed E-state index contributed by atoms with van der Waals surface area (Å²) in [6.45, 7) is 5.08. The standard InChI is InChI=1S/C11H20N4O.2ClH/c1-3-4-11(2,12)10(16)14-6-8-15-7-5-13-9-15;;/h5,7,9H,3-4,6,8,12H2,1-2H3,(H,14,16);2*1H. The maximum absolute atomic E-state index is 11.7. The number of halogens is 2. The highest BCUT2D eigenvalue weighted by atomic mass is 35.5. The third kappa shape index (κ3) is 6.23. The minimum absolute atomic E-state index is 0. The number of nitrogens with zero attached hydrogens (tertiary/aromatic N) is 2. The summed E-state index contributed by atoms with van der Waals surface area (Å²) in [6.07, 6.45) is 6.90. The van der Waals surface area contributed by atoms with Gasteiger partial charge in [0.1, 0.15) is 0 Å². The van der Waals surface area contributed by atoms with Gasteiger partial charge in [-0.25, -0.2) is 4.98 Å². The normalized spacial score (nSPS) is 12.8. The summed E-state index contributed by atoms with van der Waals surface area (Å²) < 4.78 is 1.91. The topological polar surface area (TPSA) is 72.9 Å². The van der Waals surface area contributed by atoms with Crippen molar-refractivity contribution in [2.75, 3.05) is 6.54 Å². The number of hydrogen-bond acceptors (Lipinski definition) is 3. The number of hydrogen-bond donors (Lipinski definition) is 2. The fourth-order valence-corrected chi connectivity index (χ4v) is 1.55. The van der Waals surface area contributed by atoms with E-state index in [4.69, 9.17) is 5.73 Å². The molecule has 3 N–H and O–H groups in total. The largest absolute Gasteiger partial charge is 0.353 e. The smallest absolute Gasteiger partial charge is 0.239 e. The molecule has 1 atom stereocenters. The molecule has 7 heteroatoms. The van der Waals surface area contributed by atoms with Gasteiger partial charge in [-0.2, -0.15) is 0 Å². The van der Waals surface area contributed by atoms with Gasteiger partial charge in [0.25, 0.3) is 0 Å². The lowest BCUT2D eigenvalue weighted by Crippen LogP contribution is -2.52. The van der Waals surface area contributed by atoms with Crippen molar-refractivity contribution < 1.29 is 4.79 Å². The lowest BCUT2D eigenvalue weighted by molar-refractivity contribution is -0.126. The van der Waals surface area contributed by atoms with E-state index in [1.165, 1.54) is 0 Å². The fraction of sp³-hybridized carbons (Fsp3) is 0.636. The fourth-order valence-electron chi connectivity index (χ4n) is 1.55. The lowest BCUT2D eigenvalue weighted by atomic mass is 9.97.